The van der Waals surface area contributed by atoms with Crippen LogP contribution in [0.4, 0.5) is 4.79 Å². The molecule has 3 atom stereocenters. The zero-order valence-electron chi connectivity index (χ0n) is 13.6. The van der Waals surface area contributed by atoms with Crippen LogP contribution in [0.1, 0.15) is 53.4 Å². The van der Waals surface area contributed by atoms with Crippen molar-refractivity contribution in [3.63, 3.8) is 0 Å². The lowest BCUT2D eigenvalue weighted by molar-refractivity contribution is -0.141. The van der Waals surface area contributed by atoms with Gasteiger partial charge < -0.3 is 15.7 Å². The van der Waals surface area contributed by atoms with Gasteiger partial charge in [0.25, 0.3) is 0 Å². The van der Waals surface area contributed by atoms with Crippen LogP contribution in [-0.4, -0.2) is 40.7 Å². The van der Waals surface area contributed by atoms with Crippen LogP contribution in [0.2, 0.25) is 0 Å². The highest BCUT2D eigenvalue weighted by molar-refractivity contribution is 7.99. The number of nitrogens with one attached hydrogen (secondary N) is 2. The van der Waals surface area contributed by atoms with Gasteiger partial charge in [-0.2, -0.15) is 11.8 Å². The van der Waals surface area contributed by atoms with Crippen molar-refractivity contribution in [1.82, 2.24) is 10.6 Å². The summed E-state index contributed by atoms with van der Waals surface area (Å²) in [6.45, 7) is 7.79. The SMILES string of the molecule is CCSCCC(C)NC(=O)NC(C)CCCC(C)C(=O)O. The van der Waals surface area contributed by atoms with Crippen molar-refractivity contribution in [3.05, 3.63) is 0 Å². The molecule has 0 radical (unpaired) electrons. The Morgan fingerprint density at radius 3 is 2.14 bits per heavy atom. The molecular formula is C15H30N2O3S. The summed E-state index contributed by atoms with van der Waals surface area (Å²) < 4.78 is 0. The number of carboxylic acids is 1. The lowest BCUT2D eigenvalue weighted by Gasteiger charge is -2.18. The van der Waals surface area contributed by atoms with E-state index in [0.29, 0.717) is 6.42 Å². The zero-order valence-corrected chi connectivity index (χ0v) is 14.5. The minimum atomic E-state index is -0.757. The topological polar surface area (TPSA) is 78.4 Å². The van der Waals surface area contributed by atoms with Crippen molar-refractivity contribution in [3.8, 4) is 0 Å². The first-order valence-electron chi connectivity index (χ1n) is 7.74. The van der Waals surface area contributed by atoms with Crippen molar-refractivity contribution in [2.75, 3.05) is 11.5 Å². The normalized spacial score (nSPS) is 15.0. The first-order chi connectivity index (χ1) is 9.86. The third kappa shape index (κ3) is 11.4. The lowest BCUT2D eigenvalue weighted by atomic mass is 10.0. The quantitative estimate of drug-likeness (QED) is 0.512. The fourth-order valence-corrected chi connectivity index (χ4v) is 2.70. The molecule has 21 heavy (non-hydrogen) atoms. The second kappa shape index (κ2) is 11.7. The van der Waals surface area contributed by atoms with E-state index in [1.54, 1.807) is 6.92 Å². The molecule has 0 heterocycles. The molecule has 0 spiro atoms. The highest BCUT2D eigenvalue weighted by Crippen LogP contribution is 2.09. The lowest BCUT2D eigenvalue weighted by Crippen LogP contribution is -2.44. The molecule has 124 valence electrons. The van der Waals surface area contributed by atoms with Gasteiger partial charge in [-0.25, -0.2) is 4.79 Å². The van der Waals surface area contributed by atoms with Gasteiger partial charge in [0, 0.05) is 12.1 Å². The minimum absolute atomic E-state index is 0.0585. The summed E-state index contributed by atoms with van der Waals surface area (Å²) in [6, 6.07) is 0.0919. The fourth-order valence-electron chi connectivity index (χ4n) is 1.89. The molecule has 0 fully saturated rings. The molecule has 0 saturated heterocycles. The van der Waals surface area contributed by atoms with Crippen LogP contribution in [-0.2, 0) is 4.79 Å². The summed E-state index contributed by atoms with van der Waals surface area (Å²) in [6.07, 6.45) is 3.22. The van der Waals surface area contributed by atoms with Gasteiger partial charge in [0.15, 0.2) is 0 Å². The molecule has 3 N–H and O–H groups in total. The van der Waals surface area contributed by atoms with Gasteiger partial charge in [0.05, 0.1) is 5.92 Å². The van der Waals surface area contributed by atoms with E-state index in [1.807, 2.05) is 25.6 Å². The number of rotatable bonds is 11. The molecule has 6 heteroatoms. The third-order valence-electron chi connectivity index (χ3n) is 3.35. The van der Waals surface area contributed by atoms with Crippen LogP contribution in [0.3, 0.4) is 0 Å². The number of urea groups is 1. The number of aliphatic carboxylic acids is 1. The molecule has 0 aliphatic carbocycles. The van der Waals surface area contributed by atoms with E-state index in [4.69, 9.17) is 5.11 Å². The maximum absolute atomic E-state index is 11.8. The first-order valence-corrected chi connectivity index (χ1v) is 8.89. The van der Waals surface area contributed by atoms with Gasteiger partial charge in [-0.3, -0.25) is 4.79 Å². The van der Waals surface area contributed by atoms with Crippen molar-refractivity contribution in [1.29, 1.82) is 0 Å². The Labute approximate surface area is 132 Å². The molecule has 0 aliphatic rings. The van der Waals surface area contributed by atoms with E-state index in [9.17, 15) is 9.59 Å². The summed E-state index contributed by atoms with van der Waals surface area (Å²) in [5.41, 5.74) is 0. The van der Waals surface area contributed by atoms with Crippen LogP contribution in [0.15, 0.2) is 0 Å². The summed E-state index contributed by atoms with van der Waals surface area (Å²) in [5.74, 6) is 1.08. The smallest absolute Gasteiger partial charge is 0.315 e. The summed E-state index contributed by atoms with van der Waals surface area (Å²) in [4.78, 5) is 22.5. The fraction of sp³-hybridized carbons (Fsp3) is 0.867. The van der Waals surface area contributed by atoms with Crippen LogP contribution in [0, 0.1) is 5.92 Å². The number of carboxylic acid groups (broad SMARTS) is 1. The summed E-state index contributed by atoms with van der Waals surface area (Å²) in [5, 5.41) is 14.6. The van der Waals surface area contributed by atoms with Crippen molar-refractivity contribution < 1.29 is 14.7 Å². The number of carbonyl (C=O) groups is 2. The van der Waals surface area contributed by atoms with Crippen LogP contribution < -0.4 is 10.6 Å². The third-order valence-corrected chi connectivity index (χ3v) is 4.28. The molecular weight excluding hydrogens is 288 g/mol. The molecule has 0 aromatic rings. The van der Waals surface area contributed by atoms with E-state index in [2.05, 4.69) is 17.6 Å². The number of thioether (sulfide) groups is 1. The zero-order chi connectivity index (χ0) is 16.3. The Bertz CT molecular complexity index is 313. The molecule has 0 aliphatic heterocycles. The summed E-state index contributed by atoms with van der Waals surface area (Å²) in [7, 11) is 0. The van der Waals surface area contributed by atoms with Gasteiger partial charge in [-0.1, -0.05) is 20.3 Å². The average molecular weight is 318 g/mol. The predicted molar refractivity (Wildman–Crippen MR) is 88.9 cm³/mol. The maximum atomic E-state index is 11.8. The Hall–Kier alpha value is -0.910. The van der Waals surface area contributed by atoms with Gasteiger partial charge >= 0.3 is 12.0 Å². The van der Waals surface area contributed by atoms with E-state index >= 15 is 0 Å². The van der Waals surface area contributed by atoms with Gasteiger partial charge in [0.1, 0.15) is 0 Å². The molecule has 3 unspecified atom stereocenters. The first kappa shape index (κ1) is 20.1. The Kier molecular flexibility index (Phi) is 11.2. The molecule has 0 aromatic heterocycles. The molecule has 2 amide bonds. The van der Waals surface area contributed by atoms with Crippen LogP contribution in [0.25, 0.3) is 0 Å². The van der Waals surface area contributed by atoms with E-state index in [-0.39, 0.29) is 24.0 Å². The van der Waals surface area contributed by atoms with E-state index < -0.39 is 5.97 Å². The van der Waals surface area contributed by atoms with Gasteiger partial charge in [-0.15, -0.1) is 0 Å². The Morgan fingerprint density at radius 2 is 1.62 bits per heavy atom. The highest BCUT2D eigenvalue weighted by atomic mass is 32.2. The number of carbonyl (C=O) groups excluding carboxylic acids is 1. The molecule has 0 rings (SSSR count). The highest BCUT2D eigenvalue weighted by Gasteiger charge is 2.13. The minimum Gasteiger partial charge on any atom is -0.481 e. The molecule has 0 bridgehead atoms. The molecule has 0 saturated carbocycles. The van der Waals surface area contributed by atoms with Gasteiger partial charge in [0.2, 0.25) is 0 Å². The number of amides is 2. The second-order valence-electron chi connectivity index (χ2n) is 5.58. The summed E-state index contributed by atoms with van der Waals surface area (Å²) >= 11 is 1.87. The largest absolute Gasteiger partial charge is 0.481 e. The van der Waals surface area contributed by atoms with E-state index in [1.165, 1.54) is 0 Å². The van der Waals surface area contributed by atoms with Crippen LogP contribution in [0.5, 0.6) is 0 Å². The standard InChI is InChI=1S/C15H30N2O3S/c1-5-21-10-9-13(4)17-15(20)16-12(3)8-6-7-11(2)14(18)19/h11-13H,5-10H2,1-4H3,(H,18,19)(H2,16,17,20). The monoisotopic (exact) mass is 318 g/mol. The second-order valence-corrected chi connectivity index (χ2v) is 6.97. The van der Waals surface area contributed by atoms with Gasteiger partial charge in [-0.05, 0) is 44.6 Å². The average Bonchev–Trinajstić information content (AvgIpc) is 2.38. The van der Waals surface area contributed by atoms with E-state index in [0.717, 1.165) is 30.8 Å². The number of hydrogen-bond donors (Lipinski definition) is 3. The Morgan fingerprint density at radius 1 is 1.05 bits per heavy atom. The molecule has 0 aromatic carbocycles. The predicted octanol–water partition coefficient (Wildman–Crippen LogP) is 3.10. The van der Waals surface area contributed by atoms with Crippen molar-refractivity contribution in [2.45, 2.75) is 65.5 Å². The Balaban J connectivity index is 3.76. The maximum Gasteiger partial charge on any atom is 0.315 e. The van der Waals surface area contributed by atoms with Crippen LogP contribution >= 0.6 is 11.8 Å². The van der Waals surface area contributed by atoms with Crippen molar-refractivity contribution >= 4 is 23.8 Å². The molecule has 5 nitrogen and oxygen atoms in total. The van der Waals surface area contributed by atoms with Crippen molar-refractivity contribution in [2.24, 2.45) is 5.92 Å². The number of hydrogen-bond acceptors (Lipinski definition) is 3.